The van der Waals surface area contributed by atoms with Crippen molar-refractivity contribution in [3.05, 3.63) is 33.8 Å². The fraction of sp³-hybridized carbons (Fsp3) is 0.353. The molecule has 1 heterocycles. The molecule has 0 aliphatic carbocycles. The van der Waals surface area contributed by atoms with E-state index in [-0.39, 0.29) is 47.0 Å². The van der Waals surface area contributed by atoms with E-state index in [4.69, 9.17) is 21.1 Å². The zero-order valence-electron chi connectivity index (χ0n) is 16.3. The van der Waals surface area contributed by atoms with Crippen LogP contribution in [0.5, 0.6) is 11.5 Å². The smallest absolute Gasteiger partial charge is 0.270 e. The van der Waals surface area contributed by atoms with Crippen molar-refractivity contribution in [1.29, 1.82) is 0 Å². The first-order valence-corrected chi connectivity index (χ1v) is 9.22. The molecule has 0 fully saturated rings. The van der Waals surface area contributed by atoms with Crippen LogP contribution in [0.15, 0.2) is 17.5 Å². The first-order chi connectivity index (χ1) is 12.8. The predicted molar refractivity (Wildman–Crippen MR) is 120 cm³/mol. The molecule has 2 amide bonds. The molecule has 0 spiro atoms. The zero-order valence-corrected chi connectivity index (χ0v) is 19.5. The number of halogens is 3. The lowest BCUT2D eigenvalue weighted by atomic mass is 10.2. The highest BCUT2D eigenvalue weighted by atomic mass is 35.5. The Hall–Kier alpha value is -1.78. The molecule has 2 aromatic rings. The van der Waals surface area contributed by atoms with Crippen LogP contribution < -0.4 is 20.1 Å². The summed E-state index contributed by atoms with van der Waals surface area (Å²) in [7, 11) is 6.79. The van der Waals surface area contributed by atoms with Crippen molar-refractivity contribution in [2.45, 2.75) is 0 Å². The van der Waals surface area contributed by atoms with E-state index in [0.29, 0.717) is 23.2 Å². The van der Waals surface area contributed by atoms with Gasteiger partial charge in [-0.25, -0.2) is 4.98 Å². The number of ether oxygens (including phenoxy) is 2. The van der Waals surface area contributed by atoms with Crippen LogP contribution in [0.2, 0.25) is 5.02 Å². The molecular weight excluding hydrogens is 463 g/mol. The van der Waals surface area contributed by atoms with Crippen LogP contribution >= 0.6 is 47.8 Å². The predicted octanol–water partition coefficient (Wildman–Crippen LogP) is 3.20. The second kappa shape index (κ2) is 12.7. The van der Waals surface area contributed by atoms with Gasteiger partial charge >= 0.3 is 0 Å². The number of hydrogen-bond donors (Lipinski definition) is 2. The summed E-state index contributed by atoms with van der Waals surface area (Å²) in [6.45, 7) is 1.23. The third kappa shape index (κ3) is 7.52. The Morgan fingerprint density at radius 3 is 2.34 bits per heavy atom. The Kier molecular flexibility index (Phi) is 11.9. The SMILES string of the molecule is COc1cc(Cl)c(C(=O)Nc2nc(C(=O)NCCN(C)C)cs2)cc1OC.Cl.Cl. The number of anilines is 1. The van der Waals surface area contributed by atoms with E-state index in [1.807, 2.05) is 19.0 Å². The van der Waals surface area contributed by atoms with E-state index in [1.165, 1.54) is 26.4 Å². The lowest BCUT2D eigenvalue weighted by molar-refractivity contribution is 0.0945. The highest BCUT2D eigenvalue weighted by Gasteiger charge is 2.18. The Morgan fingerprint density at radius 1 is 1.14 bits per heavy atom. The molecule has 0 unspecified atom stereocenters. The van der Waals surface area contributed by atoms with Gasteiger partial charge in [0.15, 0.2) is 16.6 Å². The van der Waals surface area contributed by atoms with Crippen LogP contribution in [-0.2, 0) is 0 Å². The van der Waals surface area contributed by atoms with E-state index >= 15 is 0 Å². The average molecular weight is 486 g/mol. The van der Waals surface area contributed by atoms with Gasteiger partial charge < -0.3 is 19.7 Å². The standard InChI is InChI=1S/C17H21ClN4O4S.2ClH/c1-22(2)6-5-19-16(24)12-9-27-17(20-12)21-15(23)10-7-13(25-3)14(26-4)8-11(10)18;;/h7-9H,5-6H2,1-4H3,(H,19,24)(H,20,21,23);2*1H. The molecule has 8 nitrogen and oxygen atoms in total. The lowest BCUT2D eigenvalue weighted by Gasteiger charge is -2.11. The molecule has 0 aliphatic rings. The maximum absolute atomic E-state index is 12.5. The van der Waals surface area contributed by atoms with Gasteiger partial charge in [0.25, 0.3) is 11.8 Å². The number of aromatic nitrogens is 1. The molecule has 0 atom stereocenters. The topological polar surface area (TPSA) is 92.8 Å². The van der Waals surface area contributed by atoms with Gasteiger partial charge in [0, 0.05) is 24.5 Å². The van der Waals surface area contributed by atoms with Crippen molar-refractivity contribution in [1.82, 2.24) is 15.2 Å². The summed E-state index contributed by atoms with van der Waals surface area (Å²) in [6.07, 6.45) is 0. The number of hydrogen-bond acceptors (Lipinski definition) is 7. The Balaban J connectivity index is 0.00000392. The van der Waals surface area contributed by atoms with Gasteiger partial charge in [-0.3, -0.25) is 14.9 Å². The van der Waals surface area contributed by atoms with Crippen LogP contribution in [0, 0.1) is 0 Å². The molecule has 0 bridgehead atoms. The molecule has 162 valence electrons. The van der Waals surface area contributed by atoms with Crippen molar-refractivity contribution in [3.63, 3.8) is 0 Å². The summed E-state index contributed by atoms with van der Waals surface area (Å²) >= 11 is 7.31. The highest BCUT2D eigenvalue weighted by Crippen LogP contribution is 2.33. The van der Waals surface area contributed by atoms with Gasteiger partial charge in [-0.1, -0.05) is 11.6 Å². The van der Waals surface area contributed by atoms with Gasteiger partial charge in [-0.05, 0) is 20.2 Å². The fourth-order valence-corrected chi connectivity index (χ4v) is 3.04. The van der Waals surface area contributed by atoms with Crippen LogP contribution in [-0.4, -0.2) is 63.1 Å². The van der Waals surface area contributed by atoms with Crippen LogP contribution in [0.3, 0.4) is 0 Å². The lowest BCUT2D eigenvalue weighted by Crippen LogP contribution is -2.31. The molecule has 0 saturated heterocycles. The number of carbonyl (C=O) groups is 2. The molecular formula is C17H23Cl3N4O4S. The maximum Gasteiger partial charge on any atom is 0.270 e. The molecule has 2 N–H and O–H groups in total. The number of methoxy groups -OCH3 is 2. The number of rotatable bonds is 8. The second-order valence-corrected chi connectivity index (χ2v) is 7.00. The van der Waals surface area contributed by atoms with Crippen molar-refractivity contribution in [3.8, 4) is 11.5 Å². The number of thiazole rings is 1. The van der Waals surface area contributed by atoms with Crippen molar-refractivity contribution in [2.75, 3.05) is 46.7 Å². The molecule has 12 heteroatoms. The van der Waals surface area contributed by atoms with Crippen LogP contribution in [0.4, 0.5) is 5.13 Å². The third-order valence-corrected chi connectivity index (χ3v) is 4.59. The summed E-state index contributed by atoms with van der Waals surface area (Å²) in [5.74, 6) is 0.0461. The minimum Gasteiger partial charge on any atom is -0.493 e. The van der Waals surface area contributed by atoms with E-state index in [9.17, 15) is 9.59 Å². The van der Waals surface area contributed by atoms with E-state index in [1.54, 1.807) is 5.38 Å². The summed E-state index contributed by atoms with van der Waals surface area (Å²) in [5.41, 5.74) is 0.453. The normalized spacial score (nSPS) is 9.86. The van der Waals surface area contributed by atoms with Crippen molar-refractivity contribution >= 4 is 64.7 Å². The fourth-order valence-electron chi connectivity index (χ4n) is 2.11. The first kappa shape index (κ1) is 27.2. The Bertz CT molecular complexity index is 833. The van der Waals surface area contributed by atoms with Crippen LogP contribution in [0.1, 0.15) is 20.8 Å². The second-order valence-electron chi connectivity index (χ2n) is 5.74. The van der Waals surface area contributed by atoms with Crippen molar-refractivity contribution < 1.29 is 19.1 Å². The molecule has 0 aliphatic heterocycles. The number of amides is 2. The minimum absolute atomic E-state index is 0. The molecule has 1 aromatic carbocycles. The monoisotopic (exact) mass is 484 g/mol. The Morgan fingerprint density at radius 2 is 1.76 bits per heavy atom. The number of benzene rings is 1. The molecule has 29 heavy (non-hydrogen) atoms. The zero-order chi connectivity index (χ0) is 20.0. The van der Waals surface area contributed by atoms with E-state index in [0.717, 1.165) is 17.9 Å². The van der Waals surface area contributed by atoms with Gasteiger partial charge in [-0.2, -0.15) is 0 Å². The van der Waals surface area contributed by atoms with E-state index in [2.05, 4.69) is 15.6 Å². The third-order valence-electron chi connectivity index (χ3n) is 3.52. The van der Waals surface area contributed by atoms with Gasteiger partial charge in [0.2, 0.25) is 0 Å². The van der Waals surface area contributed by atoms with Gasteiger partial charge in [-0.15, -0.1) is 36.2 Å². The minimum atomic E-state index is -0.463. The molecule has 1 aromatic heterocycles. The van der Waals surface area contributed by atoms with Crippen molar-refractivity contribution in [2.24, 2.45) is 0 Å². The highest BCUT2D eigenvalue weighted by molar-refractivity contribution is 7.14. The molecule has 0 radical (unpaired) electrons. The summed E-state index contributed by atoms with van der Waals surface area (Å²) in [5, 5.41) is 7.49. The number of nitrogens with zero attached hydrogens (tertiary/aromatic N) is 2. The number of nitrogens with one attached hydrogen (secondary N) is 2. The molecule has 0 saturated carbocycles. The summed E-state index contributed by atoms with van der Waals surface area (Å²) < 4.78 is 10.3. The first-order valence-electron chi connectivity index (χ1n) is 7.97. The van der Waals surface area contributed by atoms with E-state index < -0.39 is 5.91 Å². The van der Waals surface area contributed by atoms with Crippen LogP contribution in [0.25, 0.3) is 0 Å². The van der Waals surface area contributed by atoms with Gasteiger partial charge in [0.05, 0.1) is 24.8 Å². The summed E-state index contributed by atoms with van der Waals surface area (Å²) in [4.78, 5) is 30.7. The quantitative estimate of drug-likeness (QED) is 0.596. The van der Waals surface area contributed by atoms with Gasteiger partial charge in [0.1, 0.15) is 5.69 Å². The number of carbonyl (C=O) groups excluding carboxylic acids is 2. The maximum atomic E-state index is 12.5. The number of likely N-dealkylation sites (N-methyl/N-ethyl adjacent to an activating group) is 1. The Labute approximate surface area is 190 Å². The molecule has 2 rings (SSSR count). The largest absolute Gasteiger partial charge is 0.493 e. The average Bonchev–Trinajstić information content (AvgIpc) is 3.09. The summed E-state index contributed by atoms with van der Waals surface area (Å²) in [6, 6.07) is 2.99.